The smallest absolute Gasteiger partial charge is 0.326 e. The lowest BCUT2D eigenvalue weighted by atomic mass is 9.96. The molecule has 0 unspecified atom stereocenters. The number of allylic oxidation sites excluding steroid dienone is 1. The van der Waals surface area contributed by atoms with Gasteiger partial charge in [-0.2, -0.15) is 0 Å². The maximum Gasteiger partial charge on any atom is 0.326 e. The molecule has 0 saturated carbocycles. The summed E-state index contributed by atoms with van der Waals surface area (Å²) in [6.45, 7) is 6.97. The second-order valence-corrected chi connectivity index (χ2v) is 12.1. The number of hydrogen-bond acceptors (Lipinski definition) is 6. The lowest BCUT2D eigenvalue weighted by Gasteiger charge is -2.21. The third-order valence-corrected chi connectivity index (χ3v) is 7.52. The van der Waals surface area contributed by atoms with Crippen molar-refractivity contribution < 1.29 is 39.2 Å². The fourth-order valence-corrected chi connectivity index (χ4v) is 4.77. The monoisotopic (exact) mass is 617 g/mol. The van der Waals surface area contributed by atoms with Gasteiger partial charge in [-0.15, -0.1) is 0 Å². The highest BCUT2D eigenvalue weighted by atomic mass is 16.5. The summed E-state index contributed by atoms with van der Waals surface area (Å²) in [6, 6.07) is 5.74. The number of aliphatic carboxylic acids is 2. The number of rotatable bonds is 26. The average molecular weight is 618 g/mol. The van der Waals surface area contributed by atoms with Gasteiger partial charge in [0.2, 0.25) is 5.91 Å². The summed E-state index contributed by atoms with van der Waals surface area (Å²) >= 11 is 0. The standard InChI is InChI=1S/C35H55NO8/c1-4-5-6-9-12-15-28(37)16-13-10-7-8-11-14-17-30(32(38)25-33(39)40)34(41)36-31(35(42)43)24-27-18-20-29(21-19-27)44-23-22-26(2)3/h14,17-21,26,30-32,38H,4-13,15-16,22-25H2,1-3H3,(H,36,41)(H,39,40)(H,42,43)/b17-14+/t30-,31-,32-/m0/s1. The molecule has 0 aliphatic heterocycles. The highest BCUT2D eigenvalue weighted by molar-refractivity contribution is 5.87. The Labute approximate surface area is 263 Å². The number of amides is 1. The van der Waals surface area contributed by atoms with Crippen LogP contribution in [0.2, 0.25) is 0 Å². The number of benzene rings is 1. The van der Waals surface area contributed by atoms with E-state index in [4.69, 9.17) is 9.84 Å². The number of carboxylic acid groups (broad SMARTS) is 2. The van der Waals surface area contributed by atoms with E-state index in [9.17, 15) is 29.4 Å². The Morgan fingerprint density at radius 1 is 0.886 bits per heavy atom. The molecule has 0 spiro atoms. The quantitative estimate of drug-likeness (QED) is 0.0679. The first-order valence-corrected chi connectivity index (χ1v) is 16.4. The Morgan fingerprint density at radius 2 is 1.50 bits per heavy atom. The highest BCUT2D eigenvalue weighted by Crippen LogP contribution is 2.17. The zero-order chi connectivity index (χ0) is 32.7. The van der Waals surface area contributed by atoms with Crippen LogP contribution in [0.15, 0.2) is 36.4 Å². The number of aliphatic hydroxyl groups is 1. The van der Waals surface area contributed by atoms with Crippen molar-refractivity contribution in [2.24, 2.45) is 11.8 Å². The molecule has 0 fully saturated rings. The predicted molar refractivity (Wildman–Crippen MR) is 172 cm³/mol. The van der Waals surface area contributed by atoms with Gasteiger partial charge >= 0.3 is 11.9 Å². The number of hydrogen-bond donors (Lipinski definition) is 4. The summed E-state index contributed by atoms with van der Waals surface area (Å²) < 4.78 is 5.70. The molecule has 1 amide bonds. The molecule has 1 aromatic carbocycles. The van der Waals surface area contributed by atoms with E-state index >= 15 is 0 Å². The molecule has 0 aliphatic carbocycles. The zero-order valence-electron chi connectivity index (χ0n) is 27.0. The van der Waals surface area contributed by atoms with Crippen molar-refractivity contribution in [1.29, 1.82) is 0 Å². The predicted octanol–water partition coefficient (Wildman–Crippen LogP) is 6.50. The third kappa shape index (κ3) is 18.5. The fraction of sp³-hybridized carbons (Fsp3) is 0.657. The van der Waals surface area contributed by atoms with Gasteiger partial charge in [0.05, 0.1) is 25.0 Å². The Balaban J connectivity index is 2.59. The van der Waals surface area contributed by atoms with E-state index in [1.165, 1.54) is 25.3 Å². The molecule has 0 bridgehead atoms. The minimum Gasteiger partial charge on any atom is -0.494 e. The average Bonchev–Trinajstić information content (AvgIpc) is 2.96. The lowest BCUT2D eigenvalue weighted by molar-refractivity contribution is -0.144. The molecular formula is C35H55NO8. The van der Waals surface area contributed by atoms with Crippen molar-refractivity contribution in [2.45, 2.75) is 129 Å². The molecule has 44 heavy (non-hydrogen) atoms. The number of Topliss-reactive ketones (excluding diaryl/α,β-unsaturated/α-hetero) is 1. The first kappa shape index (κ1) is 38.8. The summed E-state index contributed by atoms with van der Waals surface area (Å²) in [5, 5.41) is 31.9. The molecule has 9 heteroatoms. The molecule has 0 saturated heterocycles. The van der Waals surface area contributed by atoms with Crippen LogP contribution in [0.25, 0.3) is 0 Å². The molecule has 0 aromatic heterocycles. The van der Waals surface area contributed by atoms with E-state index in [0.29, 0.717) is 48.9 Å². The molecule has 1 rings (SSSR count). The summed E-state index contributed by atoms with van der Waals surface area (Å²) in [6.07, 6.45) is 13.0. The van der Waals surface area contributed by atoms with Gasteiger partial charge < -0.3 is 25.4 Å². The summed E-state index contributed by atoms with van der Waals surface area (Å²) in [5.74, 6) is -2.93. The summed E-state index contributed by atoms with van der Waals surface area (Å²) in [4.78, 5) is 48.3. The van der Waals surface area contributed by atoms with Gasteiger partial charge in [0.15, 0.2) is 0 Å². The van der Waals surface area contributed by atoms with Crippen LogP contribution in [0.5, 0.6) is 5.75 Å². The van der Waals surface area contributed by atoms with Crippen LogP contribution in [0.1, 0.15) is 116 Å². The first-order chi connectivity index (χ1) is 21.0. The van der Waals surface area contributed by atoms with Gasteiger partial charge in [-0.1, -0.05) is 83.6 Å². The topological polar surface area (TPSA) is 150 Å². The van der Waals surface area contributed by atoms with Gasteiger partial charge in [-0.3, -0.25) is 14.4 Å². The summed E-state index contributed by atoms with van der Waals surface area (Å²) in [5.41, 5.74) is 0.681. The van der Waals surface area contributed by atoms with E-state index in [1.54, 1.807) is 30.3 Å². The molecule has 4 N–H and O–H groups in total. The van der Waals surface area contributed by atoms with Crippen LogP contribution < -0.4 is 10.1 Å². The number of unbranched alkanes of at least 4 members (excludes halogenated alkanes) is 8. The van der Waals surface area contributed by atoms with Crippen molar-refractivity contribution in [2.75, 3.05) is 6.61 Å². The van der Waals surface area contributed by atoms with Crippen molar-refractivity contribution in [3.63, 3.8) is 0 Å². The number of carbonyl (C=O) groups excluding carboxylic acids is 2. The molecule has 3 atom stereocenters. The van der Waals surface area contributed by atoms with Crippen LogP contribution in [0.4, 0.5) is 0 Å². The van der Waals surface area contributed by atoms with Crippen LogP contribution in [0, 0.1) is 11.8 Å². The normalized spacial score (nSPS) is 13.5. The summed E-state index contributed by atoms with van der Waals surface area (Å²) in [7, 11) is 0. The number of carboxylic acids is 2. The van der Waals surface area contributed by atoms with Gasteiger partial charge in [0.1, 0.15) is 17.6 Å². The van der Waals surface area contributed by atoms with Gasteiger partial charge in [-0.05, 0) is 55.7 Å². The molecule has 9 nitrogen and oxygen atoms in total. The molecule has 1 aromatic rings. The minimum absolute atomic E-state index is 0.0141. The van der Waals surface area contributed by atoms with Crippen molar-refractivity contribution in [3.8, 4) is 5.75 Å². The number of aliphatic hydroxyl groups excluding tert-OH is 1. The Morgan fingerprint density at radius 3 is 2.07 bits per heavy atom. The second-order valence-electron chi connectivity index (χ2n) is 12.1. The SMILES string of the molecule is CCCCCCCC(=O)CCCCCC/C=C/[C@H](C(=O)N[C@@H](Cc1ccc(OCCC(C)C)cc1)C(=O)O)[C@@H](O)CC(=O)O. The molecule has 248 valence electrons. The Kier molecular flexibility index (Phi) is 20.5. The van der Waals surface area contributed by atoms with Crippen LogP contribution in [-0.2, 0) is 25.6 Å². The van der Waals surface area contributed by atoms with Gasteiger partial charge in [0, 0.05) is 19.3 Å². The zero-order valence-corrected chi connectivity index (χ0v) is 27.0. The Hall–Kier alpha value is -3.20. The fourth-order valence-electron chi connectivity index (χ4n) is 4.77. The lowest BCUT2D eigenvalue weighted by Crippen LogP contribution is -2.47. The second kappa shape index (κ2) is 23.2. The number of ketones is 1. The third-order valence-electron chi connectivity index (χ3n) is 7.52. The van der Waals surface area contributed by atoms with Crippen molar-refractivity contribution >= 4 is 23.6 Å². The molecule has 0 heterocycles. The van der Waals surface area contributed by atoms with Crippen LogP contribution in [-0.4, -0.2) is 57.7 Å². The maximum absolute atomic E-state index is 13.1. The van der Waals surface area contributed by atoms with Crippen LogP contribution >= 0.6 is 0 Å². The van der Waals surface area contributed by atoms with E-state index in [-0.39, 0.29) is 6.42 Å². The number of carbonyl (C=O) groups is 4. The van der Waals surface area contributed by atoms with E-state index in [1.807, 2.05) is 0 Å². The molecule has 0 radical (unpaired) electrons. The van der Waals surface area contributed by atoms with E-state index in [0.717, 1.165) is 44.9 Å². The minimum atomic E-state index is -1.51. The molecular weight excluding hydrogens is 562 g/mol. The van der Waals surface area contributed by atoms with Crippen molar-refractivity contribution in [3.05, 3.63) is 42.0 Å². The van der Waals surface area contributed by atoms with Crippen molar-refractivity contribution in [1.82, 2.24) is 5.32 Å². The highest BCUT2D eigenvalue weighted by Gasteiger charge is 2.30. The van der Waals surface area contributed by atoms with Gasteiger partial charge in [-0.25, -0.2) is 4.79 Å². The first-order valence-electron chi connectivity index (χ1n) is 16.4. The largest absolute Gasteiger partial charge is 0.494 e. The maximum atomic E-state index is 13.1. The molecule has 0 aliphatic rings. The Bertz CT molecular complexity index is 1000. The van der Waals surface area contributed by atoms with E-state index in [2.05, 4.69) is 26.1 Å². The van der Waals surface area contributed by atoms with E-state index < -0.39 is 42.3 Å². The van der Waals surface area contributed by atoms with Gasteiger partial charge in [0.25, 0.3) is 0 Å². The van der Waals surface area contributed by atoms with Crippen LogP contribution in [0.3, 0.4) is 0 Å². The number of nitrogens with one attached hydrogen (secondary N) is 1. The number of ether oxygens (including phenoxy) is 1.